The van der Waals surface area contributed by atoms with E-state index in [0.29, 0.717) is 11.6 Å². The van der Waals surface area contributed by atoms with E-state index < -0.39 is 10.1 Å². The first kappa shape index (κ1) is 22.1. The van der Waals surface area contributed by atoms with E-state index in [-0.39, 0.29) is 12.2 Å². The Morgan fingerprint density at radius 2 is 1.97 bits per heavy atom. The SMILES string of the molecule is CC[n+]1c(/C=C2\Sc3cc(Cl)ccc3N2CCCS(=O)(=O)[O-])ccc2cc(C)ccc21. The van der Waals surface area contributed by atoms with Gasteiger partial charge in [0.1, 0.15) is 6.54 Å². The predicted octanol–water partition coefficient (Wildman–Crippen LogP) is 4.96. The Hall–Kier alpha value is -2.06. The van der Waals surface area contributed by atoms with Gasteiger partial charge in [-0.3, -0.25) is 0 Å². The van der Waals surface area contributed by atoms with Crippen molar-refractivity contribution < 1.29 is 17.5 Å². The summed E-state index contributed by atoms with van der Waals surface area (Å²) in [5.74, 6) is -0.380. The second kappa shape index (κ2) is 8.82. The van der Waals surface area contributed by atoms with Crippen LogP contribution in [0.4, 0.5) is 5.69 Å². The number of thioether (sulfide) groups is 1. The zero-order valence-electron chi connectivity index (χ0n) is 17.3. The van der Waals surface area contributed by atoms with Crippen molar-refractivity contribution in [2.45, 2.75) is 31.7 Å². The Morgan fingerprint density at radius 3 is 2.71 bits per heavy atom. The summed E-state index contributed by atoms with van der Waals surface area (Å²) in [7, 11) is -4.24. The van der Waals surface area contributed by atoms with E-state index in [1.165, 1.54) is 10.9 Å². The molecule has 8 heteroatoms. The smallest absolute Gasteiger partial charge is 0.212 e. The van der Waals surface area contributed by atoms with Gasteiger partial charge in [0.05, 0.1) is 20.8 Å². The van der Waals surface area contributed by atoms with Crippen molar-refractivity contribution in [3.8, 4) is 0 Å². The molecule has 5 nitrogen and oxygen atoms in total. The summed E-state index contributed by atoms with van der Waals surface area (Å²) in [5.41, 5.74) is 4.42. The molecule has 0 N–H and O–H groups in total. The van der Waals surface area contributed by atoms with Crippen LogP contribution in [0.25, 0.3) is 17.0 Å². The van der Waals surface area contributed by atoms with E-state index in [9.17, 15) is 13.0 Å². The van der Waals surface area contributed by atoms with Crippen molar-refractivity contribution in [3.05, 3.63) is 69.8 Å². The minimum Gasteiger partial charge on any atom is -0.748 e. The fourth-order valence-electron chi connectivity index (χ4n) is 3.88. The number of anilines is 1. The molecule has 0 radical (unpaired) electrons. The number of halogens is 1. The minimum absolute atomic E-state index is 0.260. The topological polar surface area (TPSA) is 64.3 Å². The maximum atomic E-state index is 11.1. The zero-order chi connectivity index (χ0) is 22.2. The molecule has 1 aliphatic rings. The normalized spacial score (nSPS) is 15.1. The van der Waals surface area contributed by atoms with Gasteiger partial charge >= 0.3 is 0 Å². The average molecular weight is 475 g/mol. The maximum Gasteiger partial charge on any atom is 0.212 e. The van der Waals surface area contributed by atoms with Crippen LogP contribution in [0.3, 0.4) is 0 Å². The molecule has 31 heavy (non-hydrogen) atoms. The van der Waals surface area contributed by atoms with Gasteiger partial charge in [0.25, 0.3) is 0 Å². The molecule has 0 saturated carbocycles. The summed E-state index contributed by atoms with van der Waals surface area (Å²) in [6.07, 6.45) is 2.38. The number of rotatable bonds is 6. The van der Waals surface area contributed by atoms with Crippen LogP contribution < -0.4 is 9.47 Å². The summed E-state index contributed by atoms with van der Waals surface area (Å²) < 4.78 is 35.5. The summed E-state index contributed by atoms with van der Waals surface area (Å²) >= 11 is 7.79. The highest BCUT2D eigenvalue weighted by Crippen LogP contribution is 2.47. The highest BCUT2D eigenvalue weighted by molar-refractivity contribution is 8.03. The van der Waals surface area contributed by atoms with E-state index in [1.807, 2.05) is 18.2 Å². The lowest BCUT2D eigenvalue weighted by molar-refractivity contribution is -0.669. The molecule has 0 spiro atoms. The Kier molecular flexibility index (Phi) is 6.30. The van der Waals surface area contributed by atoms with Crippen LogP contribution in [-0.4, -0.2) is 25.3 Å². The molecule has 0 fully saturated rings. The summed E-state index contributed by atoms with van der Waals surface area (Å²) in [6.45, 7) is 5.46. The monoisotopic (exact) mass is 474 g/mol. The molecule has 1 aliphatic heterocycles. The van der Waals surface area contributed by atoms with Crippen LogP contribution in [0.1, 0.15) is 24.6 Å². The molecule has 0 unspecified atom stereocenters. The van der Waals surface area contributed by atoms with Crippen LogP contribution in [0.15, 0.2) is 58.5 Å². The molecule has 162 valence electrons. The number of benzene rings is 2. The van der Waals surface area contributed by atoms with Crippen molar-refractivity contribution in [1.82, 2.24) is 0 Å². The maximum absolute atomic E-state index is 11.1. The quantitative estimate of drug-likeness (QED) is 0.373. The summed E-state index contributed by atoms with van der Waals surface area (Å²) in [5, 5.41) is 2.82. The van der Waals surface area contributed by atoms with E-state index >= 15 is 0 Å². The van der Waals surface area contributed by atoms with Gasteiger partial charge in [-0.1, -0.05) is 35.0 Å². The lowest BCUT2D eigenvalue weighted by atomic mass is 10.1. The van der Waals surface area contributed by atoms with Crippen LogP contribution in [0, 0.1) is 6.92 Å². The third kappa shape index (κ3) is 4.90. The molecular weight excluding hydrogens is 452 g/mol. The molecule has 0 atom stereocenters. The fraction of sp³-hybridized carbons (Fsp3) is 0.261. The highest BCUT2D eigenvalue weighted by Gasteiger charge is 2.27. The van der Waals surface area contributed by atoms with E-state index in [4.69, 9.17) is 11.6 Å². The first-order valence-corrected chi connectivity index (χ1v) is 12.9. The first-order valence-electron chi connectivity index (χ1n) is 10.1. The van der Waals surface area contributed by atoms with Crippen LogP contribution >= 0.6 is 23.4 Å². The van der Waals surface area contributed by atoms with Crippen molar-refractivity contribution in [3.63, 3.8) is 0 Å². The average Bonchev–Trinajstić information content (AvgIpc) is 3.03. The third-order valence-corrected chi connectivity index (χ3v) is 7.39. The summed E-state index contributed by atoms with van der Waals surface area (Å²) in [6, 6.07) is 16.3. The van der Waals surface area contributed by atoms with E-state index in [0.717, 1.165) is 33.4 Å². The van der Waals surface area contributed by atoms with Gasteiger partial charge < -0.3 is 9.45 Å². The molecular formula is C23H23ClN2O3S2. The van der Waals surface area contributed by atoms with Gasteiger partial charge in [0.15, 0.2) is 0 Å². The van der Waals surface area contributed by atoms with Gasteiger partial charge in [-0.15, -0.1) is 0 Å². The van der Waals surface area contributed by atoms with Gasteiger partial charge in [0, 0.05) is 45.8 Å². The van der Waals surface area contributed by atoms with Gasteiger partial charge in [0.2, 0.25) is 11.2 Å². The summed E-state index contributed by atoms with van der Waals surface area (Å²) in [4.78, 5) is 3.09. The molecule has 0 aliphatic carbocycles. The molecule has 2 heterocycles. The van der Waals surface area contributed by atoms with Crippen molar-refractivity contribution in [2.75, 3.05) is 17.2 Å². The standard InChI is InChI=1S/C23H23ClN2O3S2/c1-3-25-19(8-6-17-13-16(2)5-9-20(17)25)15-23-26(11-4-12-31(27,28)29)21-10-7-18(24)14-22(21)30-23/h5-10,13-15H,3-4,11-12H2,1-2H3. The lowest BCUT2D eigenvalue weighted by Gasteiger charge is -2.21. The highest BCUT2D eigenvalue weighted by atomic mass is 35.5. The molecule has 1 aromatic heterocycles. The van der Waals surface area contributed by atoms with E-state index in [2.05, 4.69) is 59.7 Å². The lowest BCUT2D eigenvalue weighted by Crippen LogP contribution is -2.37. The number of nitrogens with zero attached hydrogens (tertiary/aromatic N) is 2. The van der Waals surface area contributed by atoms with E-state index in [1.54, 1.807) is 11.8 Å². The zero-order valence-corrected chi connectivity index (χ0v) is 19.7. The number of hydrogen-bond donors (Lipinski definition) is 0. The van der Waals surface area contributed by atoms with Gasteiger partial charge in [-0.25, -0.2) is 8.42 Å². The Bertz CT molecular complexity index is 1290. The fourth-order valence-corrected chi connectivity index (χ4v) is 5.77. The first-order chi connectivity index (χ1) is 14.7. The second-order valence-corrected chi connectivity index (χ2v) is 10.6. The number of pyridine rings is 1. The second-order valence-electron chi connectivity index (χ2n) is 7.53. The van der Waals surface area contributed by atoms with Gasteiger partial charge in [-0.2, -0.15) is 4.57 Å². The van der Waals surface area contributed by atoms with Crippen LogP contribution in [-0.2, 0) is 16.7 Å². The Balaban J connectivity index is 1.75. The Morgan fingerprint density at radius 1 is 1.16 bits per heavy atom. The molecule has 0 bridgehead atoms. The number of aromatic nitrogens is 1. The molecule has 0 amide bonds. The molecule has 0 saturated heterocycles. The van der Waals surface area contributed by atoms with Crippen molar-refractivity contribution in [2.24, 2.45) is 0 Å². The molecule has 3 aromatic rings. The predicted molar refractivity (Wildman–Crippen MR) is 126 cm³/mol. The third-order valence-electron chi connectivity index (χ3n) is 5.28. The van der Waals surface area contributed by atoms with Crippen molar-refractivity contribution >= 4 is 56.1 Å². The number of aryl methyl sites for hydroxylation is 2. The van der Waals surface area contributed by atoms with Crippen molar-refractivity contribution in [1.29, 1.82) is 0 Å². The van der Waals surface area contributed by atoms with Gasteiger partial charge in [-0.05, 0) is 50.6 Å². The number of fused-ring (bicyclic) bond motifs is 2. The minimum atomic E-state index is -4.24. The molecule has 2 aromatic carbocycles. The Labute approximate surface area is 192 Å². The largest absolute Gasteiger partial charge is 0.748 e. The van der Waals surface area contributed by atoms with Crippen LogP contribution in [0.2, 0.25) is 5.02 Å². The number of hydrogen-bond acceptors (Lipinski definition) is 5. The van der Waals surface area contributed by atoms with Crippen LogP contribution in [0.5, 0.6) is 0 Å². The molecule has 4 rings (SSSR count).